The Bertz CT molecular complexity index is 537. The van der Waals surface area contributed by atoms with Crippen molar-refractivity contribution in [3.05, 3.63) is 35.1 Å². The van der Waals surface area contributed by atoms with Crippen molar-refractivity contribution in [1.82, 2.24) is 4.90 Å². The van der Waals surface area contributed by atoms with E-state index in [-0.39, 0.29) is 5.82 Å². The molecule has 2 aliphatic rings. The van der Waals surface area contributed by atoms with Crippen LogP contribution in [0.4, 0.5) is 4.39 Å². The summed E-state index contributed by atoms with van der Waals surface area (Å²) in [5.41, 5.74) is 7.59. The van der Waals surface area contributed by atoms with Crippen LogP contribution in [0.3, 0.4) is 0 Å². The molecular weight excluding hydrogens is 253 g/mol. The van der Waals surface area contributed by atoms with Crippen LogP contribution in [0.5, 0.6) is 0 Å². The van der Waals surface area contributed by atoms with Gasteiger partial charge in [-0.2, -0.15) is 5.26 Å². The Morgan fingerprint density at radius 2 is 2.20 bits per heavy atom. The van der Waals surface area contributed by atoms with Crippen LogP contribution in [0, 0.1) is 29.0 Å². The average molecular weight is 273 g/mol. The van der Waals surface area contributed by atoms with Crippen molar-refractivity contribution in [3.63, 3.8) is 0 Å². The normalized spacial score (nSPS) is 29.9. The minimum atomic E-state index is -0.345. The molecule has 1 aromatic rings. The van der Waals surface area contributed by atoms with E-state index in [9.17, 15) is 4.39 Å². The van der Waals surface area contributed by atoms with Gasteiger partial charge in [0.05, 0.1) is 11.6 Å². The van der Waals surface area contributed by atoms with Gasteiger partial charge in [-0.3, -0.25) is 4.90 Å². The van der Waals surface area contributed by atoms with Gasteiger partial charge in [-0.1, -0.05) is 12.5 Å². The van der Waals surface area contributed by atoms with Crippen molar-refractivity contribution in [3.8, 4) is 6.07 Å². The molecule has 3 atom stereocenters. The summed E-state index contributed by atoms with van der Waals surface area (Å²) in [6.07, 6.45) is 3.63. The van der Waals surface area contributed by atoms with E-state index in [4.69, 9.17) is 11.0 Å². The zero-order valence-corrected chi connectivity index (χ0v) is 11.6. The lowest BCUT2D eigenvalue weighted by Gasteiger charge is -2.29. The smallest absolute Gasteiger partial charge is 0.124 e. The molecule has 106 valence electrons. The topological polar surface area (TPSA) is 53.0 Å². The van der Waals surface area contributed by atoms with Gasteiger partial charge in [0.1, 0.15) is 5.82 Å². The van der Waals surface area contributed by atoms with Crippen molar-refractivity contribution in [2.45, 2.75) is 31.8 Å². The molecule has 0 bridgehead atoms. The van der Waals surface area contributed by atoms with E-state index in [0.29, 0.717) is 23.4 Å². The molecule has 2 fully saturated rings. The van der Waals surface area contributed by atoms with E-state index in [1.807, 2.05) is 0 Å². The van der Waals surface area contributed by atoms with Crippen LogP contribution in [-0.2, 0) is 6.54 Å². The van der Waals surface area contributed by atoms with E-state index < -0.39 is 0 Å². The molecule has 1 saturated carbocycles. The molecule has 1 aromatic carbocycles. The Hall–Kier alpha value is -1.44. The number of benzene rings is 1. The highest BCUT2D eigenvalue weighted by Gasteiger charge is 2.38. The predicted molar refractivity (Wildman–Crippen MR) is 75.2 cm³/mol. The Kier molecular flexibility index (Phi) is 3.73. The Balaban J connectivity index is 1.72. The first-order valence-corrected chi connectivity index (χ1v) is 7.34. The van der Waals surface area contributed by atoms with Gasteiger partial charge in [0.25, 0.3) is 0 Å². The van der Waals surface area contributed by atoms with E-state index >= 15 is 0 Å². The van der Waals surface area contributed by atoms with Crippen LogP contribution < -0.4 is 5.73 Å². The van der Waals surface area contributed by atoms with Gasteiger partial charge in [0.15, 0.2) is 0 Å². The number of nitrogens with zero attached hydrogens (tertiary/aromatic N) is 2. The molecular formula is C16H20FN3. The second-order valence-corrected chi connectivity index (χ2v) is 6.13. The second-order valence-electron chi connectivity index (χ2n) is 6.13. The van der Waals surface area contributed by atoms with Crippen molar-refractivity contribution in [2.24, 2.45) is 17.6 Å². The van der Waals surface area contributed by atoms with E-state index in [1.54, 1.807) is 6.07 Å². The third kappa shape index (κ3) is 2.56. The lowest BCUT2D eigenvalue weighted by atomic mass is 9.78. The van der Waals surface area contributed by atoms with Crippen molar-refractivity contribution < 1.29 is 4.39 Å². The number of hydrogen-bond acceptors (Lipinski definition) is 3. The van der Waals surface area contributed by atoms with Crippen LogP contribution in [0.25, 0.3) is 0 Å². The molecule has 20 heavy (non-hydrogen) atoms. The molecule has 2 N–H and O–H groups in total. The van der Waals surface area contributed by atoms with Gasteiger partial charge in [-0.15, -0.1) is 0 Å². The third-order valence-electron chi connectivity index (χ3n) is 4.82. The monoisotopic (exact) mass is 273 g/mol. The summed E-state index contributed by atoms with van der Waals surface area (Å²) in [4.78, 5) is 2.37. The minimum Gasteiger partial charge on any atom is -0.327 e. The predicted octanol–water partition coefficient (Wildman–Crippen LogP) is 2.26. The second kappa shape index (κ2) is 5.51. The fourth-order valence-corrected chi connectivity index (χ4v) is 3.77. The van der Waals surface area contributed by atoms with E-state index in [1.165, 1.54) is 25.0 Å². The van der Waals surface area contributed by atoms with Gasteiger partial charge < -0.3 is 5.73 Å². The molecule has 4 heteroatoms. The van der Waals surface area contributed by atoms with Crippen LogP contribution in [0.2, 0.25) is 0 Å². The molecule has 1 heterocycles. The Morgan fingerprint density at radius 3 is 2.95 bits per heavy atom. The molecule has 0 radical (unpaired) electrons. The fourth-order valence-electron chi connectivity index (χ4n) is 3.77. The SMILES string of the molecule is N#Cc1cc(F)ccc1CN1CC2CCCC(N)C2C1. The van der Waals surface area contributed by atoms with Crippen LogP contribution >= 0.6 is 0 Å². The fraction of sp³-hybridized carbons (Fsp3) is 0.562. The molecule has 0 amide bonds. The summed E-state index contributed by atoms with van der Waals surface area (Å²) < 4.78 is 13.2. The molecule has 3 nitrogen and oxygen atoms in total. The van der Waals surface area contributed by atoms with Crippen molar-refractivity contribution in [1.29, 1.82) is 5.26 Å². The zero-order valence-electron chi connectivity index (χ0n) is 11.6. The molecule has 3 unspecified atom stereocenters. The number of nitrogens with two attached hydrogens (primary N) is 1. The first kappa shape index (κ1) is 13.5. The maximum Gasteiger partial charge on any atom is 0.124 e. The van der Waals surface area contributed by atoms with E-state index in [2.05, 4.69) is 11.0 Å². The lowest BCUT2D eigenvalue weighted by molar-refractivity contribution is 0.259. The average Bonchev–Trinajstić information content (AvgIpc) is 2.85. The lowest BCUT2D eigenvalue weighted by Crippen LogP contribution is -2.38. The van der Waals surface area contributed by atoms with Gasteiger partial charge in [0, 0.05) is 25.7 Å². The molecule has 1 saturated heterocycles. The summed E-state index contributed by atoms with van der Waals surface area (Å²) in [7, 11) is 0. The quantitative estimate of drug-likeness (QED) is 0.899. The molecule has 1 aliphatic heterocycles. The number of nitriles is 1. The standard InChI is InChI=1S/C16H20FN3/c17-14-5-4-11(13(6-14)7-18)8-20-9-12-2-1-3-16(19)15(12)10-20/h4-6,12,15-16H,1-3,8-10,19H2. The summed E-state index contributed by atoms with van der Waals surface area (Å²) in [5.74, 6) is 0.946. The van der Waals surface area contributed by atoms with Gasteiger partial charge in [-0.05, 0) is 42.4 Å². The molecule has 3 rings (SSSR count). The molecule has 1 aliphatic carbocycles. The summed E-state index contributed by atoms with van der Waals surface area (Å²) in [6.45, 7) is 2.79. The summed E-state index contributed by atoms with van der Waals surface area (Å²) >= 11 is 0. The largest absolute Gasteiger partial charge is 0.327 e. The van der Waals surface area contributed by atoms with Gasteiger partial charge in [0.2, 0.25) is 0 Å². The maximum atomic E-state index is 13.2. The number of hydrogen-bond donors (Lipinski definition) is 1. The minimum absolute atomic E-state index is 0.322. The summed E-state index contributed by atoms with van der Waals surface area (Å²) in [6, 6.07) is 6.90. The highest BCUT2D eigenvalue weighted by atomic mass is 19.1. The highest BCUT2D eigenvalue weighted by molar-refractivity contribution is 5.37. The summed E-state index contributed by atoms with van der Waals surface area (Å²) in [5, 5.41) is 9.11. The van der Waals surface area contributed by atoms with Crippen molar-refractivity contribution in [2.75, 3.05) is 13.1 Å². The zero-order chi connectivity index (χ0) is 14.1. The first-order valence-electron chi connectivity index (χ1n) is 7.34. The van der Waals surface area contributed by atoms with Crippen LogP contribution in [0.15, 0.2) is 18.2 Å². The maximum absolute atomic E-state index is 13.2. The van der Waals surface area contributed by atoms with Crippen LogP contribution in [-0.4, -0.2) is 24.0 Å². The third-order valence-corrected chi connectivity index (χ3v) is 4.82. The first-order chi connectivity index (χ1) is 9.67. The number of halogens is 1. The van der Waals surface area contributed by atoms with Crippen molar-refractivity contribution >= 4 is 0 Å². The highest BCUT2D eigenvalue weighted by Crippen LogP contribution is 2.36. The van der Waals surface area contributed by atoms with Gasteiger partial charge in [-0.25, -0.2) is 4.39 Å². The van der Waals surface area contributed by atoms with Gasteiger partial charge >= 0.3 is 0 Å². The van der Waals surface area contributed by atoms with E-state index in [0.717, 1.165) is 31.6 Å². The number of likely N-dealkylation sites (tertiary alicyclic amines) is 1. The Morgan fingerprint density at radius 1 is 1.35 bits per heavy atom. The molecule has 0 aromatic heterocycles. The Labute approximate surface area is 119 Å². The number of rotatable bonds is 2. The number of fused-ring (bicyclic) bond motifs is 1. The van der Waals surface area contributed by atoms with Crippen LogP contribution in [0.1, 0.15) is 30.4 Å². The molecule has 0 spiro atoms.